The number of hydrogen-bond donors (Lipinski definition) is 1. The largest absolute Gasteiger partial charge is 0.453 e. The van der Waals surface area contributed by atoms with E-state index in [0.717, 1.165) is 0 Å². The van der Waals surface area contributed by atoms with Gasteiger partial charge in [-0.25, -0.2) is 14.8 Å². The minimum Gasteiger partial charge on any atom is -0.453 e. The highest BCUT2D eigenvalue weighted by Crippen LogP contribution is 2.05. The van der Waals surface area contributed by atoms with Gasteiger partial charge in [0.2, 0.25) is 5.28 Å². The van der Waals surface area contributed by atoms with Crippen LogP contribution in [-0.4, -0.2) is 23.2 Å². The molecule has 0 spiro atoms. The van der Waals surface area contributed by atoms with Gasteiger partial charge in [-0.05, 0) is 11.6 Å². The van der Waals surface area contributed by atoms with Crippen molar-refractivity contribution < 1.29 is 9.53 Å². The molecule has 6 heteroatoms. The van der Waals surface area contributed by atoms with Gasteiger partial charge in [0, 0.05) is 0 Å². The Morgan fingerprint density at radius 3 is 2.67 bits per heavy atom. The molecule has 1 heterocycles. The van der Waals surface area contributed by atoms with Crippen LogP contribution in [0.4, 0.5) is 10.5 Å². The van der Waals surface area contributed by atoms with Crippen LogP contribution < -0.4 is 5.32 Å². The van der Waals surface area contributed by atoms with E-state index in [0.29, 0.717) is 5.69 Å². The first-order valence-corrected chi connectivity index (χ1v) is 3.42. The zero-order valence-electron chi connectivity index (χ0n) is 6.24. The molecule has 1 rings (SSSR count). The maximum absolute atomic E-state index is 10.6. The summed E-state index contributed by atoms with van der Waals surface area (Å²) in [5, 5.41) is 2.50. The molecule has 12 heavy (non-hydrogen) atoms. The first-order valence-electron chi connectivity index (χ1n) is 3.05. The number of nitrogens with zero attached hydrogens (tertiary/aromatic N) is 2. The Morgan fingerprint density at radius 2 is 2.17 bits per heavy atom. The van der Waals surface area contributed by atoms with Crippen molar-refractivity contribution in [3.63, 3.8) is 0 Å². The molecule has 0 unspecified atom stereocenters. The van der Waals surface area contributed by atoms with Crippen LogP contribution in [0.25, 0.3) is 0 Å². The van der Waals surface area contributed by atoms with Gasteiger partial charge in [-0.1, -0.05) is 0 Å². The first kappa shape index (κ1) is 8.73. The smallest absolute Gasteiger partial charge is 0.411 e. The van der Waals surface area contributed by atoms with Gasteiger partial charge < -0.3 is 4.74 Å². The van der Waals surface area contributed by atoms with E-state index in [4.69, 9.17) is 11.6 Å². The van der Waals surface area contributed by atoms with Crippen molar-refractivity contribution in [1.82, 2.24) is 9.97 Å². The molecule has 0 aliphatic heterocycles. The molecular weight excluding hydrogens is 182 g/mol. The first-order chi connectivity index (χ1) is 5.72. The summed E-state index contributed by atoms with van der Waals surface area (Å²) in [4.78, 5) is 17.9. The molecule has 64 valence electrons. The summed E-state index contributed by atoms with van der Waals surface area (Å²) in [5.74, 6) is 0. The number of carbonyl (C=O) groups is 1. The summed E-state index contributed by atoms with van der Waals surface area (Å²) in [6, 6.07) is 0. The zero-order chi connectivity index (χ0) is 8.97. The predicted octanol–water partition coefficient (Wildman–Crippen LogP) is 1.31. The van der Waals surface area contributed by atoms with Crippen molar-refractivity contribution in [2.75, 3.05) is 12.4 Å². The molecule has 0 aromatic carbocycles. The molecule has 0 aliphatic carbocycles. The summed E-state index contributed by atoms with van der Waals surface area (Å²) in [6.07, 6.45) is 2.19. The molecule has 0 radical (unpaired) electrons. The van der Waals surface area contributed by atoms with E-state index in [-0.39, 0.29) is 5.28 Å². The number of amides is 1. The molecule has 0 fully saturated rings. The highest BCUT2D eigenvalue weighted by molar-refractivity contribution is 6.28. The van der Waals surface area contributed by atoms with Gasteiger partial charge in [-0.2, -0.15) is 0 Å². The number of methoxy groups -OCH3 is 1. The quantitative estimate of drug-likeness (QED) is 0.674. The molecule has 0 saturated heterocycles. The van der Waals surface area contributed by atoms with E-state index in [1.54, 1.807) is 0 Å². The van der Waals surface area contributed by atoms with Crippen LogP contribution in [0.5, 0.6) is 0 Å². The Balaban J connectivity index is 2.64. The SMILES string of the molecule is COC(=O)Nc1cnc(Cl)nc1. The number of carbonyl (C=O) groups excluding carboxylic acids is 1. The Kier molecular flexibility index (Phi) is 2.82. The standard InChI is InChI=1S/C6H6ClN3O2/c1-12-6(11)10-4-2-8-5(7)9-3-4/h2-3H,1H3,(H,10,11). The molecule has 5 nitrogen and oxygen atoms in total. The molecule has 0 saturated carbocycles. The Hall–Kier alpha value is -1.36. The van der Waals surface area contributed by atoms with Gasteiger partial charge in [0.15, 0.2) is 0 Å². The second-order valence-corrected chi connectivity index (χ2v) is 2.20. The van der Waals surface area contributed by atoms with Crippen molar-refractivity contribution in [1.29, 1.82) is 0 Å². The van der Waals surface area contributed by atoms with Crippen LogP contribution in [0.15, 0.2) is 12.4 Å². The van der Waals surface area contributed by atoms with Crippen LogP contribution in [0.2, 0.25) is 5.28 Å². The maximum atomic E-state index is 10.6. The van der Waals surface area contributed by atoms with E-state index < -0.39 is 6.09 Å². The van der Waals surface area contributed by atoms with E-state index >= 15 is 0 Å². The molecule has 1 amide bonds. The third-order valence-corrected chi connectivity index (χ3v) is 1.25. The summed E-state index contributed by atoms with van der Waals surface area (Å²) in [6.45, 7) is 0. The van der Waals surface area contributed by atoms with Gasteiger partial charge in [0.25, 0.3) is 0 Å². The lowest BCUT2D eigenvalue weighted by atomic mass is 10.5. The summed E-state index contributed by atoms with van der Waals surface area (Å²) >= 11 is 5.42. The van der Waals surface area contributed by atoms with E-state index in [9.17, 15) is 4.79 Å². The van der Waals surface area contributed by atoms with Crippen molar-refractivity contribution in [3.05, 3.63) is 17.7 Å². The summed E-state index contributed by atoms with van der Waals surface area (Å²) in [5.41, 5.74) is 0.436. The van der Waals surface area contributed by atoms with E-state index in [2.05, 4.69) is 20.0 Å². The summed E-state index contributed by atoms with van der Waals surface area (Å²) < 4.78 is 4.35. The topological polar surface area (TPSA) is 64.1 Å². The third kappa shape index (κ3) is 2.35. The van der Waals surface area contributed by atoms with E-state index in [1.807, 2.05) is 0 Å². The van der Waals surface area contributed by atoms with Crippen LogP contribution in [0.1, 0.15) is 0 Å². The number of ether oxygens (including phenoxy) is 1. The van der Waals surface area contributed by atoms with Gasteiger partial charge in [0.1, 0.15) is 0 Å². The zero-order valence-corrected chi connectivity index (χ0v) is 7.00. The number of hydrogen-bond acceptors (Lipinski definition) is 4. The second kappa shape index (κ2) is 3.87. The van der Waals surface area contributed by atoms with Crippen LogP contribution in [-0.2, 0) is 4.74 Å². The monoisotopic (exact) mass is 187 g/mol. The lowest BCUT2D eigenvalue weighted by Crippen LogP contribution is -2.11. The number of anilines is 1. The van der Waals surface area contributed by atoms with Crippen molar-refractivity contribution in [2.24, 2.45) is 0 Å². The average molecular weight is 188 g/mol. The Labute approximate surface area is 73.7 Å². The van der Waals surface area contributed by atoms with Gasteiger partial charge in [0.05, 0.1) is 25.2 Å². The molecule has 1 aromatic heterocycles. The van der Waals surface area contributed by atoms with Crippen molar-refractivity contribution in [3.8, 4) is 0 Å². The number of nitrogens with one attached hydrogen (secondary N) is 1. The predicted molar refractivity (Wildman–Crippen MR) is 43.1 cm³/mol. The van der Waals surface area contributed by atoms with Crippen molar-refractivity contribution in [2.45, 2.75) is 0 Å². The lowest BCUT2D eigenvalue weighted by Gasteiger charge is -2.00. The molecule has 1 N–H and O–H groups in total. The summed E-state index contributed by atoms with van der Waals surface area (Å²) in [7, 11) is 1.27. The average Bonchev–Trinajstić information content (AvgIpc) is 2.09. The second-order valence-electron chi connectivity index (χ2n) is 1.86. The lowest BCUT2D eigenvalue weighted by molar-refractivity contribution is 0.187. The molecular formula is C6H6ClN3O2. The molecule has 0 atom stereocenters. The minimum absolute atomic E-state index is 0.130. The van der Waals surface area contributed by atoms with Gasteiger partial charge >= 0.3 is 6.09 Å². The fraction of sp³-hybridized carbons (Fsp3) is 0.167. The van der Waals surface area contributed by atoms with Crippen LogP contribution in [0.3, 0.4) is 0 Å². The van der Waals surface area contributed by atoms with Gasteiger partial charge in [-0.15, -0.1) is 0 Å². The Bertz CT molecular complexity index is 275. The highest BCUT2D eigenvalue weighted by Gasteiger charge is 2.00. The van der Waals surface area contributed by atoms with E-state index in [1.165, 1.54) is 19.5 Å². The highest BCUT2D eigenvalue weighted by atomic mass is 35.5. The normalized spacial score (nSPS) is 9.17. The number of aromatic nitrogens is 2. The van der Waals surface area contributed by atoms with Crippen LogP contribution >= 0.6 is 11.6 Å². The minimum atomic E-state index is -0.569. The van der Waals surface area contributed by atoms with Gasteiger partial charge in [-0.3, -0.25) is 5.32 Å². The molecule has 1 aromatic rings. The number of halogens is 1. The van der Waals surface area contributed by atoms with Crippen LogP contribution in [0, 0.1) is 0 Å². The maximum Gasteiger partial charge on any atom is 0.411 e. The Morgan fingerprint density at radius 1 is 1.58 bits per heavy atom. The number of rotatable bonds is 1. The van der Waals surface area contributed by atoms with Crippen molar-refractivity contribution >= 4 is 23.4 Å². The molecule has 0 bridgehead atoms. The fourth-order valence-electron chi connectivity index (χ4n) is 0.546. The third-order valence-electron chi connectivity index (χ3n) is 1.05. The molecule has 0 aliphatic rings. The fourth-order valence-corrected chi connectivity index (χ4v) is 0.643.